The Morgan fingerprint density at radius 2 is 1.89 bits per heavy atom. The number of rotatable bonds is 4. The number of Topliss-reactive ketones (excluding diaryl/α,β-unsaturated/α-hetero) is 1. The molecule has 0 amide bonds. The lowest BCUT2D eigenvalue weighted by Gasteiger charge is -2.39. The maximum absolute atomic E-state index is 13.9. The Morgan fingerprint density at radius 1 is 1.37 bits per heavy atom. The first-order valence-corrected chi connectivity index (χ1v) is 5.76. The Hall–Kier alpha value is -1.82. The van der Waals surface area contributed by atoms with Crippen LogP contribution in [0, 0.1) is 21.3 Å². The molecule has 0 spiro atoms. The number of nitrogens with two attached hydrogens (primary N) is 1. The summed E-state index contributed by atoms with van der Waals surface area (Å²) >= 11 is 0. The molecule has 0 heterocycles. The average Bonchev–Trinajstić information content (AvgIpc) is 2.28. The highest BCUT2D eigenvalue weighted by Crippen LogP contribution is 2.40. The van der Waals surface area contributed by atoms with Crippen molar-refractivity contribution >= 4 is 11.5 Å². The summed E-state index contributed by atoms with van der Waals surface area (Å²) in [6, 6.07) is 3.14. The van der Waals surface area contributed by atoms with E-state index in [4.69, 9.17) is 5.73 Å². The number of ketones is 1. The van der Waals surface area contributed by atoms with Crippen molar-refractivity contribution in [1.29, 1.82) is 0 Å². The third-order valence-electron chi connectivity index (χ3n) is 3.90. The quantitative estimate of drug-likeness (QED) is 0.671. The van der Waals surface area contributed by atoms with Gasteiger partial charge in [-0.2, -0.15) is 0 Å². The van der Waals surface area contributed by atoms with Crippen molar-refractivity contribution in [2.24, 2.45) is 11.1 Å². The molecular formula is C13H17FN2O3. The zero-order valence-electron chi connectivity index (χ0n) is 11.4. The minimum atomic E-state index is -1.35. The van der Waals surface area contributed by atoms with Gasteiger partial charge >= 0.3 is 0 Å². The van der Waals surface area contributed by atoms with Crippen LogP contribution in [0.3, 0.4) is 0 Å². The maximum Gasteiger partial charge on any atom is 0.269 e. The summed E-state index contributed by atoms with van der Waals surface area (Å²) in [7, 11) is 0. The van der Waals surface area contributed by atoms with Crippen molar-refractivity contribution in [2.45, 2.75) is 33.2 Å². The van der Waals surface area contributed by atoms with Gasteiger partial charge in [0, 0.05) is 23.1 Å². The Labute approximate surface area is 110 Å². The van der Waals surface area contributed by atoms with Gasteiger partial charge in [0.05, 0.1) is 10.5 Å². The van der Waals surface area contributed by atoms with Crippen molar-refractivity contribution < 1.29 is 14.1 Å². The van der Waals surface area contributed by atoms with Crippen LogP contribution in [0.2, 0.25) is 0 Å². The highest BCUT2D eigenvalue weighted by atomic mass is 19.1. The SMILES string of the molecule is CC(=O)C(C)(C)[C@](C)(N)c1cc([N+](=O)[O-])ccc1F. The lowest BCUT2D eigenvalue weighted by molar-refractivity contribution is -0.385. The van der Waals surface area contributed by atoms with Crippen molar-refractivity contribution in [3.05, 3.63) is 39.7 Å². The first kappa shape index (κ1) is 15.2. The molecule has 1 aromatic rings. The van der Waals surface area contributed by atoms with Gasteiger partial charge in [0.25, 0.3) is 5.69 Å². The maximum atomic E-state index is 13.9. The number of hydrogen-bond acceptors (Lipinski definition) is 4. The van der Waals surface area contributed by atoms with Crippen molar-refractivity contribution in [3.8, 4) is 0 Å². The lowest BCUT2D eigenvalue weighted by atomic mass is 9.67. The fourth-order valence-electron chi connectivity index (χ4n) is 1.73. The molecule has 104 valence electrons. The number of hydrogen-bond donors (Lipinski definition) is 1. The average molecular weight is 268 g/mol. The number of nitro benzene ring substituents is 1. The van der Waals surface area contributed by atoms with Gasteiger partial charge in [-0.15, -0.1) is 0 Å². The van der Waals surface area contributed by atoms with Crippen LogP contribution in [0.4, 0.5) is 10.1 Å². The smallest absolute Gasteiger partial charge is 0.269 e. The zero-order valence-corrected chi connectivity index (χ0v) is 11.4. The molecule has 0 radical (unpaired) electrons. The number of halogens is 1. The van der Waals surface area contributed by atoms with E-state index in [1.165, 1.54) is 13.8 Å². The topological polar surface area (TPSA) is 86.2 Å². The summed E-state index contributed by atoms with van der Waals surface area (Å²) in [6.45, 7) is 6.04. The molecule has 19 heavy (non-hydrogen) atoms. The van der Waals surface area contributed by atoms with Crippen LogP contribution < -0.4 is 5.73 Å². The Bertz CT molecular complexity index is 539. The lowest BCUT2D eigenvalue weighted by Crippen LogP contribution is -2.51. The molecule has 0 saturated carbocycles. The Kier molecular flexibility index (Phi) is 3.77. The van der Waals surface area contributed by atoms with E-state index >= 15 is 0 Å². The van der Waals surface area contributed by atoms with Gasteiger partial charge in [-0.05, 0) is 19.9 Å². The van der Waals surface area contributed by atoms with E-state index in [1.807, 2.05) is 0 Å². The molecule has 0 unspecified atom stereocenters. The number of carbonyl (C=O) groups excluding carboxylic acids is 1. The predicted molar refractivity (Wildman–Crippen MR) is 69.1 cm³/mol. The normalized spacial score (nSPS) is 14.8. The van der Waals surface area contributed by atoms with E-state index < -0.39 is 21.7 Å². The monoisotopic (exact) mass is 268 g/mol. The van der Waals surface area contributed by atoms with E-state index in [0.717, 1.165) is 18.2 Å². The van der Waals surface area contributed by atoms with Crippen molar-refractivity contribution in [3.63, 3.8) is 0 Å². The highest BCUT2D eigenvalue weighted by molar-refractivity contribution is 5.83. The number of carbonyl (C=O) groups is 1. The molecule has 0 saturated heterocycles. The Balaban J connectivity index is 3.47. The first-order chi connectivity index (χ1) is 8.51. The zero-order chi connectivity index (χ0) is 15.0. The van der Waals surface area contributed by atoms with Crippen LogP contribution in [-0.2, 0) is 10.3 Å². The molecule has 2 N–H and O–H groups in total. The van der Waals surface area contributed by atoms with Crippen LogP contribution in [0.25, 0.3) is 0 Å². The van der Waals surface area contributed by atoms with E-state index in [-0.39, 0.29) is 17.0 Å². The first-order valence-electron chi connectivity index (χ1n) is 5.76. The van der Waals surface area contributed by atoms with Gasteiger partial charge in [0.1, 0.15) is 11.6 Å². The molecule has 0 aliphatic rings. The van der Waals surface area contributed by atoms with E-state index in [2.05, 4.69) is 0 Å². The molecular weight excluding hydrogens is 251 g/mol. The largest absolute Gasteiger partial charge is 0.321 e. The van der Waals surface area contributed by atoms with Crippen molar-refractivity contribution in [2.75, 3.05) is 0 Å². The summed E-state index contributed by atoms with van der Waals surface area (Å²) in [5.41, 5.74) is 3.40. The predicted octanol–water partition coefficient (Wildman–Crippen LogP) is 2.52. The molecule has 1 rings (SSSR count). The van der Waals surface area contributed by atoms with Crippen LogP contribution in [0.15, 0.2) is 18.2 Å². The van der Waals surface area contributed by atoms with E-state index in [9.17, 15) is 19.3 Å². The van der Waals surface area contributed by atoms with Crippen LogP contribution in [-0.4, -0.2) is 10.7 Å². The van der Waals surface area contributed by atoms with Gasteiger partial charge < -0.3 is 5.73 Å². The van der Waals surface area contributed by atoms with Crippen LogP contribution >= 0.6 is 0 Å². The molecule has 6 heteroatoms. The fraction of sp³-hybridized carbons (Fsp3) is 0.462. The fourth-order valence-corrected chi connectivity index (χ4v) is 1.73. The van der Waals surface area contributed by atoms with Gasteiger partial charge in [-0.3, -0.25) is 14.9 Å². The number of nitrogens with zero attached hydrogens (tertiary/aromatic N) is 1. The number of non-ortho nitro benzene ring substituents is 1. The molecule has 0 aliphatic heterocycles. The molecule has 1 atom stereocenters. The van der Waals surface area contributed by atoms with Gasteiger partial charge in [0.15, 0.2) is 0 Å². The second-order valence-corrected chi connectivity index (χ2v) is 5.30. The minimum absolute atomic E-state index is 0.0399. The summed E-state index contributed by atoms with van der Waals surface area (Å²) in [5, 5.41) is 10.8. The second-order valence-electron chi connectivity index (χ2n) is 5.30. The summed E-state index contributed by atoms with van der Waals surface area (Å²) in [6.07, 6.45) is 0. The Morgan fingerprint density at radius 3 is 2.32 bits per heavy atom. The van der Waals surface area contributed by atoms with E-state index in [0.29, 0.717) is 0 Å². The van der Waals surface area contributed by atoms with Crippen molar-refractivity contribution in [1.82, 2.24) is 0 Å². The van der Waals surface area contributed by atoms with Gasteiger partial charge in [0.2, 0.25) is 0 Å². The molecule has 0 aromatic heterocycles. The molecule has 1 aromatic carbocycles. The molecule has 0 fully saturated rings. The molecule has 0 aliphatic carbocycles. The summed E-state index contributed by atoms with van der Waals surface area (Å²) in [5.74, 6) is -0.881. The highest BCUT2D eigenvalue weighted by Gasteiger charge is 2.44. The van der Waals surface area contributed by atoms with Gasteiger partial charge in [-0.1, -0.05) is 13.8 Å². The number of benzene rings is 1. The molecule has 0 bridgehead atoms. The minimum Gasteiger partial charge on any atom is -0.321 e. The van der Waals surface area contributed by atoms with Crippen LogP contribution in [0.1, 0.15) is 33.3 Å². The standard InChI is InChI=1S/C13H17FN2O3/c1-8(17)12(2,3)13(4,15)10-7-9(16(18)19)5-6-11(10)14/h5-7H,15H2,1-4H3/t13-/m1/s1. The number of nitro groups is 1. The summed E-state index contributed by atoms with van der Waals surface area (Å²) in [4.78, 5) is 21.8. The second kappa shape index (κ2) is 4.70. The summed E-state index contributed by atoms with van der Waals surface area (Å²) < 4.78 is 13.9. The third kappa shape index (κ3) is 2.49. The molecule has 5 nitrogen and oxygen atoms in total. The van der Waals surface area contributed by atoms with E-state index in [1.54, 1.807) is 13.8 Å². The van der Waals surface area contributed by atoms with Crippen LogP contribution in [0.5, 0.6) is 0 Å². The third-order valence-corrected chi connectivity index (χ3v) is 3.90. The van der Waals surface area contributed by atoms with Gasteiger partial charge in [-0.25, -0.2) is 4.39 Å².